The maximum absolute atomic E-state index is 13.4. The number of rotatable bonds is 11. The number of benzene rings is 1. The summed E-state index contributed by atoms with van der Waals surface area (Å²) in [6, 6.07) is 3.12. The van der Waals surface area contributed by atoms with Gasteiger partial charge in [0.05, 0.1) is 32.1 Å². The predicted molar refractivity (Wildman–Crippen MR) is 112 cm³/mol. The van der Waals surface area contributed by atoms with Crippen LogP contribution in [0.3, 0.4) is 0 Å². The van der Waals surface area contributed by atoms with Crippen molar-refractivity contribution in [3.63, 3.8) is 0 Å². The van der Waals surface area contributed by atoms with Gasteiger partial charge in [0.2, 0.25) is 0 Å². The Morgan fingerprint density at radius 3 is 2.56 bits per heavy atom. The number of hydrogen-bond donors (Lipinski definition) is 2. The fourth-order valence-electron chi connectivity index (χ4n) is 1.80. The third-order valence-electron chi connectivity index (χ3n) is 2.99. The normalized spacial score (nSPS) is 11.6. The van der Waals surface area contributed by atoms with Gasteiger partial charge < -0.3 is 20.1 Å². The first-order valence-corrected chi connectivity index (χ1v) is 10.2. The van der Waals surface area contributed by atoms with Crippen molar-refractivity contribution >= 4 is 39.8 Å². The molecule has 0 bridgehead atoms. The minimum atomic E-state index is -3.03. The highest BCUT2D eigenvalue weighted by atomic mass is 127. The minimum Gasteiger partial charge on any atom is -0.489 e. The van der Waals surface area contributed by atoms with E-state index >= 15 is 0 Å². The van der Waals surface area contributed by atoms with Gasteiger partial charge in [0.1, 0.15) is 22.3 Å². The van der Waals surface area contributed by atoms with Crippen molar-refractivity contribution in [2.45, 2.75) is 6.92 Å². The molecule has 0 aromatic heterocycles. The van der Waals surface area contributed by atoms with Gasteiger partial charge in [-0.05, 0) is 19.1 Å². The van der Waals surface area contributed by atoms with Gasteiger partial charge in [-0.2, -0.15) is 0 Å². The first-order valence-electron chi connectivity index (χ1n) is 8.17. The van der Waals surface area contributed by atoms with Crippen LogP contribution in [0.2, 0.25) is 0 Å². The lowest BCUT2D eigenvalue weighted by Gasteiger charge is -2.12. The maximum Gasteiger partial charge on any atom is 0.191 e. The zero-order valence-corrected chi connectivity index (χ0v) is 18.5. The van der Waals surface area contributed by atoms with Gasteiger partial charge in [-0.3, -0.25) is 4.99 Å². The minimum absolute atomic E-state index is 0. The van der Waals surface area contributed by atoms with Gasteiger partial charge in [0.15, 0.2) is 17.5 Å². The second-order valence-electron chi connectivity index (χ2n) is 5.35. The number of guanidine groups is 1. The zero-order chi connectivity index (χ0) is 19.4. The summed E-state index contributed by atoms with van der Waals surface area (Å²) in [5.74, 6) is -0.923. The monoisotopic (exact) mass is 521 g/mol. The van der Waals surface area contributed by atoms with Crippen molar-refractivity contribution in [2.24, 2.45) is 4.99 Å². The lowest BCUT2D eigenvalue weighted by atomic mass is 10.3. The molecule has 0 spiro atoms. The molecule has 2 N–H and O–H groups in total. The van der Waals surface area contributed by atoms with Crippen LogP contribution in [0.4, 0.5) is 8.78 Å². The summed E-state index contributed by atoms with van der Waals surface area (Å²) in [6.45, 7) is 3.86. The first-order chi connectivity index (χ1) is 12.3. The Kier molecular flexibility index (Phi) is 13.3. The molecule has 0 fully saturated rings. The van der Waals surface area contributed by atoms with E-state index in [1.807, 2.05) is 6.92 Å². The van der Waals surface area contributed by atoms with E-state index < -0.39 is 21.5 Å². The predicted octanol–water partition coefficient (Wildman–Crippen LogP) is 1.58. The highest BCUT2D eigenvalue weighted by molar-refractivity contribution is 14.0. The number of hydrogen-bond acceptors (Lipinski definition) is 5. The van der Waals surface area contributed by atoms with Gasteiger partial charge in [-0.1, -0.05) is 0 Å². The van der Waals surface area contributed by atoms with Crippen LogP contribution < -0.4 is 15.4 Å². The maximum atomic E-state index is 13.4. The number of halogens is 3. The first kappa shape index (κ1) is 25.8. The summed E-state index contributed by atoms with van der Waals surface area (Å²) in [6.07, 6.45) is 1.15. The van der Waals surface area contributed by atoms with E-state index in [0.717, 1.165) is 18.4 Å². The van der Waals surface area contributed by atoms with Crippen molar-refractivity contribution in [1.29, 1.82) is 0 Å². The van der Waals surface area contributed by atoms with E-state index in [0.29, 0.717) is 32.2 Å². The number of sulfone groups is 1. The van der Waals surface area contributed by atoms with Crippen molar-refractivity contribution < 1.29 is 26.7 Å². The lowest BCUT2D eigenvalue weighted by Crippen LogP contribution is -2.39. The number of ether oxygens (including phenoxy) is 2. The van der Waals surface area contributed by atoms with E-state index in [1.54, 1.807) is 0 Å². The highest BCUT2D eigenvalue weighted by Gasteiger charge is 2.05. The van der Waals surface area contributed by atoms with Crippen molar-refractivity contribution in [2.75, 3.05) is 51.5 Å². The van der Waals surface area contributed by atoms with E-state index in [2.05, 4.69) is 15.6 Å². The molecule has 0 atom stereocenters. The van der Waals surface area contributed by atoms with Crippen LogP contribution in [0, 0.1) is 11.6 Å². The Morgan fingerprint density at radius 2 is 1.93 bits per heavy atom. The second-order valence-corrected chi connectivity index (χ2v) is 7.61. The second kappa shape index (κ2) is 13.9. The van der Waals surface area contributed by atoms with Gasteiger partial charge >= 0.3 is 0 Å². The van der Waals surface area contributed by atoms with Gasteiger partial charge in [0.25, 0.3) is 0 Å². The molecule has 1 aromatic rings. The fourth-order valence-corrected chi connectivity index (χ4v) is 2.22. The highest BCUT2D eigenvalue weighted by Crippen LogP contribution is 2.17. The van der Waals surface area contributed by atoms with E-state index in [4.69, 9.17) is 9.47 Å². The van der Waals surface area contributed by atoms with Crippen molar-refractivity contribution in [1.82, 2.24) is 10.6 Å². The molecule has 0 aliphatic rings. The molecule has 27 heavy (non-hydrogen) atoms. The molecule has 0 saturated heterocycles. The summed E-state index contributed by atoms with van der Waals surface area (Å²) >= 11 is 0. The third kappa shape index (κ3) is 12.7. The summed E-state index contributed by atoms with van der Waals surface area (Å²) < 4.78 is 58.6. The molecule has 11 heteroatoms. The molecule has 0 amide bonds. The summed E-state index contributed by atoms with van der Waals surface area (Å²) in [5.41, 5.74) is 0. The molecule has 1 rings (SSSR count). The third-order valence-corrected chi connectivity index (χ3v) is 3.90. The summed E-state index contributed by atoms with van der Waals surface area (Å²) in [5, 5.41) is 6.03. The standard InChI is InChI=1S/C16H25F2N3O4S.HI/c1-3-19-16(20-6-8-24-10-11-26(2,22)23)21-7-9-25-15-5-4-13(17)12-14(15)18;/h4-5,12H,3,6-11H2,1-2H3,(H2,19,20,21);1H. The van der Waals surface area contributed by atoms with Crippen LogP contribution in [-0.4, -0.2) is 65.8 Å². The van der Waals surface area contributed by atoms with Gasteiger partial charge in [-0.25, -0.2) is 17.2 Å². The molecule has 0 saturated carbocycles. The van der Waals surface area contributed by atoms with Crippen molar-refractivity contribution in [3.05, 3.63) is 29.8 Å². The van der Waals surface area contributed by atoms with Crippen LogP contribution in [0.25, 0.3) is 0 Å². The Morgan fingerprint density at radius 1 is 1.19 bits per heavy atom. The number of aliphatic imine (C=N–C) groups is 1. The Bertz CT molecular complexity index is 690. The molecule has 0 radical (unpaired) electrons. The van der Waals surface area contributed by atoms with Crippen LogP contribution in [0.1, 0.15) is 6.92 Å². The van der Waals surface area contributed by atoms with Crippen LogP contribution in [-0.2, 0) is 14.6 Å². The molecule has 0 unspecified atom stereocenters. The molecular formula is C16H26F2IN3O4S. The van der Waals surface area contributed by atoms with Gasteiger partial charge in [0, 0.05) is 18.9 Å². The van der Waals surface area contributed by atoms with E-state index in [-0.39, 0.29) is 48.7 Å². The molecule has 0 aliphatic heterocycles. The van der Waals surface area contributed by atoms with Crippen LogP contribution >= 0.6 is 24.0 Å². The number of nitrogens with one attached hydrogen (secondary N) is 2. The molecule has 0 heterocycles. The van der Waals surface area contributed by atoms with E-state index in [9.17, 15) is 17.2 Å². The molecule has 0 aliphatic carbocycles. The average molecular weight is 521 g/mol. The molecular weight excluding hydrogens is 495 g/mol. The zero-order valence-electron chi connectivity index (χ0n) is 15.3. The quantitative estimate of drug-likeness (QED) is 0.199. The molecule has 156 valence electrons. The molecule has 1 aromatic carbocycles. The summed E-state index contributed by atoms with van der Waals surface area (Å²) in [7, 11) is -3.03. The fraction of sp³-hybridized carbons (Fsp3) is 0.562. The SMILES string of the molecule is CCNC(=NCCOCCS(C)(=O)=O)NCCOc1ccc(F)cc1F.I. The smallest absolute Gasteiger partial charge is 0.191 e. The van der Waals surface area contributed by atoms with E-state index in [1.165, 1.54) is 6.07 Å². The van der Waals surface area contributed by atoms with Gasteiger partial charge in [-0.15, -0.1) is 24.0 Å². The Labute approximate surface area is 175 Å². The topological polar surface area (TPSA) is 89.0 Å². The largest absolute Gasteiger partial charge is 0.489 e. The lowest BCUT2D eigenvalue weighted by molar-refractivity contribution is 0.157. The number of nitrogens with zero attached hydrogens (tertiary/aromatic N) is 1. The Hall–Kier alpha value is -1.21. The van der Waals surface area contributed by atoms with Crippen molar-refractivity contribution in [3.8, 4) is 5.75 Å². The van der Waals surface area contributed by atoms with Crippen LogP contribution in [0.15, 0.2) is 23.2 Å². The van der Waals surface area contributed by atoms with Crippen LogP contribution in [0.5, 0.6) is 5.75 Å². The average Bonchev–Trinajstić information content (AvgIpc) is 2.55. The summed E-state index contributed by atoms with van der Waals surface area (Å²) in [4.78, 5) is 4.26. The Balaban J connectivity index is 0.00000676. The molecule has 7 nitrogen and oxygen atoms in total.